The molecular weight excluding hydrogens is 346 g/mol. The summed E-state index contributed by atoms with van der Waals surface area (Å²) in [7, 11) is 4.08. The minimum absolute atomic E-state index is 0.902. The first kappa shape index (κ1) is 20.1. The van der Waals surface area contributed by atoms with Crippen molar-refractivity contribution < 1.29 is 0 Å². The topological polar surface area (TPSA) is 46.0 Å². The number of pyridine rings is 2. The van der Waals surface area contributed by atoms with Gasteiger partial charge in [0.05, 0.1) is 11.9 Å². The molecule has 0 amide bonds. The number of rotatable bonds is 8. The number of aromatic nitrogens is 3. The molecule has 0 saturated heterocycles. The third kappa shape index (κ3) is 4.78. The SMILES string of the molecule is CNCCN(C)c1cncc(CCc2cc(C)cc(-n3c(C)ccc3C)n2)c1. The maximum atomic E-state index is 4.93. The van der Waals surface area contributed by atoms with Crippen LogP contribution < -0.4 is 10.2 Å². The Morgan fingerprint density at radius 2 is 1.75 bits per heavy atom. The highest BCUT2D eigenvalue weighted by molar-refractivity contribution is 5.45. The molecule has 0 aliphatic carbocycles. The fourth-order valence-corrected chi connectivity index (χ4v) is 3.49. The molecule has 3 heterocycles. The molecular formula is C23H31N5. The summed E-state index contributed by atoms with van der Waals surface area (Å²) in [5, 5.41) is 3.19. The standard InChI is InChI=1S/C23H31N5/c1-17-12-21(26-23(13-17)28-18(2)6-7-19(28)3)9-8-20-14-22(16-25-15-20)27(5)11-10-24-4/h6-7,12-16,24H,8-11H2,1-5H3. The van der Waals surface area contributed by atoms with Gasteiger partial charge < -0.3 is 14.8 Å². The lowest BCUT2D eigenvalue weighted by Gasteiger charge is -2.19. The molecule has 3 aromatic rings. The van der Waals surface area contributed by atoms with E-state index >= 15 is 0 Å². The van der Waals surface area contributed by atoms with Crippen LogP contribution in [0.5, 0.6) is 0 Å². The summed E-state index contributed by atoms with van der Waals surface area (Å²) in [5.74, 6) is 1.01. The van der Waals surface area contributed by atoms with Gasteiger partial charge in [0.25, 0.3) is 0 Å². The Labute approximate surface area is 168 Å². The van der Waals surface area contributed by atoms with Crippen molar-refractivity contribution in [2.45, 2.75) is 33.6 Å². The molecule has 0 spiro atoms. The van der Waals surface area contributed by atoms with E-state index in [1.807, 2.05) is 19.4 Å². The zero-order chi connectivity index (χ0) is 20.1. The predicted octanol–water partition coefficient (Wildman–Crippen LogP) is 3.63. The van der Waals surface area contributed by atoms with Gasteiger partial charge in [-0.1, -0.05) is 0 Å². The molecule has 3 rings (SSSR count). The van der Waals surface area contributed by atoms with Crippen molar-refractivity contribution >= 4 is 5.69 Å². The molecule has 3 aromatic heterocycles. The minimum atomic E-state index is 0.902. The molecule has 0 aliphatic heterocycles. The summed E-state index contributed by atoms with van der Waals surface area (Å²) in [4.78, 5) is 11.6. The first-order valence-electron chi connectivity index (χ1n) is 9.90. The van der Waals surface area contributed by atoms with Gasteiger partial charge >= 0.3 is 0 Å². The Kier molecular flexibility index (Phi) is 6.47. The summed E-state index contributed by atoms with van der Waals surface area (Å²) in [5.41, 5.74) is 7.19. The van der Waals surface area contributed by atoms with E-state index in [-0.39, 0.29) is 0 Å². The van der Waals surface area contributed by atoms with Gasteiger partial charge in [-0.25, -0.2) is 4.98 Å². The van der Waals surface area contributed by atoms with E-state index < -0.39 is 0 Å². The van der Waals surface area contributed by atoms with Crippen LogP contribution in [0.25, 0.3) is 5.82 Å². The van der Waals surface area contributed by atoms with Gasteiger partial charge in [0, 0.05) is 43.4 Å². The number of aryl methyl sites for hydroxylation is 5. The molecule has 0 radical (unpaired) electrons. The van der Waals surface area contributed by atoms with E-state index in [2.05, 4.69) is 77.9 Å². The van der Waals surface area contributed by atoms with Gasteiger partial charge in [0.15, 0.2) is 0 Å². The van der Waals surface area contributed by atoms with Gasteiger partial charge in [0.2, 0.25) is 0 Å². The largest absolute Gasteiger partial charge is 0.372 e. The fourth-order valence-electron chi connectivity index (χ4n) is 3.49. The lowest BCUT2D eigenvalue weighted by Crippen LogP contribution is -2.27. The van der Waals surface area contributed by atoms with Crippen molar-refractivity contribution in [3.63, 3.8) is 0 Å². The van der Waals surface area contributed by atoms with Gasteiger partial charge in [-0.15, -0.1) is 0 Å². The number of hydrogen-bond acceptors (Lipinski definition) is 4. The van der Waals surface area contributed by atoms with E-state index in [4.69, 9.17) is 4.98 Å². The number of anilines is 1. The second kappa shape index (κ2) is 9.02. The van der Waals surface area contributed by atoms with Crippen LogP contribution in [-0.2, 0) is 12.8 Å². The summed E-state index contributed by atoms with van der Waals surface area (Å²) >= 11 is 0. The van der Waals surface area contributed by atoms with Gasteiger partial charge in [0.1, 0.15) is 5.82 Å². The average Bonchev–Trinajstić information content (AvgIpc) is 3.02. The minimum Gasteiger partial charge on any atom is -0.372 e. The number of likely N-dealkylation sites (N-methyl/N-ethyl adjacent to an activating group) is 2. The maximum Gasteiger partial charge on any atom is 0.137 e. The van der Waals surface area contributed by atoms with Gasteiger partial charge in [-0.3, -0.25) is 4.98 Å². The molecule has 0 fully saturated rings. The van der Waals surface area contributed by atoms with Crippen LogP contribution in [0.4, 0.5) is 5.69 Å². The summed E-state index contributed by atoms with van der Waals surface area (Å²) in [6.45, 7) is 8.30. The lowest BCUT2D eigenvalue weighted by atomic mass is 10.1. The smallest absolute Gasteiger partial charge is 0.137 e. The fraction of sp³-hybridized carbons (Fsp3) is 0.391. The highest BCUT2D eigenvalue weighted by atomic mass is 15.1. The average molecular weight is 378 g/mol. The molecule has 0 unspecified atom stereocenters. The van der Waals surface area contributed by atoms with Crippen LogP contribution in [0.3, 0.4) is 0 Å². The normalized spacial score (nSPS) is 11.0. The first-order chi connectivity index (χ1) is 13.5. The first-order valence-corrected chi connectivity index (χ1v) is 9.90. The summed E-state index contributed by atoms with van der Waals surface area (Å²) in [6.07, 6.45) is 5.73. The summed E-state index contributed by atoms with van der Waals surface area (Å²) < 4.78 is 2.22. The van der Waals surface area contributed by atoms with Crippen molar-refractivity contribution in [2.75, 3.05) is 32.1 Å². The molecule has 148 valence electrons. The van der Waals surface area contributed by atoms with E-state index in [0.717, 1.165) is 43.1 Å². The number of nitrogens with one attached hydrogen (secondary N) is 1. The van der Waals surface area contributed by atoms with Crippen molar-refractivity contribution in [3.8, 4) is 5.82 Å². The van der Waals surface area contributed by atoms with Crippen molar-refractivity contribution in [1.82, 2.24) is 19.9 Å². The highest BCUT2D eigenvalue weighted by Crippen LogP contribution is 2.18. The Morgan fingerprint density at radius 1 is 1.00 bits per heavy atom. The molecule has 0 aliphatic rings. The zero-order valence-corrected chi connectivity index (χ0v) is 17.7. The zero-order valence-electron chi connectivity index (χ0n) is 17.7. The van der Waals surface area contributed by atoms with E-state index in [0.29, 0.717) is 0 Å². The Balaban J connectivity index is 1.75. The Bertz CT molecular complexity index is 909. The maximum absolute atomic E-state index is 4.93. The van der Waals surface area contributed by atoms with Crippen molar-refractivity contribution in [1.29, 1.82) is 0 Å². The van der Waals surface area contributed by atoms with Crippen LogP contribution in [0.1, 0.15) is 28.2 Å². The second-order valence-electron chi connectivity index (χ2n) is 7.52. The van der Waals surface area contributed by atoms with Gasteiger partial charge in [-0.05, 0) is 82.1 Å². The molecule has 1 N–H and O–H groups in total. The van der Waals surface area contributed by atoms with Crippen LogP contribution >= 0.6 is 0 Å². The van der Waals surface area contributed by atoms with E-state index in [1.54, 1.807) is 0 Å². The van der Waals surface area contributed by atoms with E-state index in [1.165, 1.54) is 22.5 Å². The molecule has 0 bridgehead atoms. The molecule has 0 aromatic carbocycles. The molecule has 0 saturated carbocycles. The quantitative estimate of drug-likeness (QED) is 0.651. The van der Waals surface area contributed by atoms with Crippen molar-refractivity contribution in [3.05, 3.63) is 70.9 Å². The Hall–Kier alpha value is -2.66. The Morgan fingerprint density at radius 3 is 2.46 bits per heavy atom. The van der Waals surface area contributed by atoms with Crippen molar-refractivity contribution in [2.24, 2.45) is 0 Å². The third-order valence-corrected chi connectivity index (χ3v) is 5.10. The molecule has 0 atom stereocenters. The second-order valence-corrected chi connectivity index (χ2v) is 7.52. The van der Waals surface area contributed by atoms with Crippen LogP contribution in [0, 0.1) is 20.8 Å². The van der Waals surface area contributed by atoms with E-state index in [9.17, 15) is 0 Å². The summed E-state index contributed by atoms with van der Waals surface area (Å²) in [6, 6.07) is 10.9. The lowest BCUT2D eigenvalue weighted by molar-refractivity contribution is 0.766. The number of nitrogens with zero attached hydrogens (tertiary/aromatic N) is 4. The monoisotopic (exact) mass is 377 g/mol. The third-order valence-electron chi connectivity index (χ3n) is 5.10. The predicted molar refractivity (Wildman–Crippen MR) is 117 cm³/mol. The molecule has 28 heavy (non-hydrogen) atoms. The molecule has 5 nitrogen and oxygen atoms in total. The van der Waals surface area contributed by atoms with Crippen LogP contribution in [0.15, 0.2) is 42.7 Å². The molecule has 5 heteroatoms. The number of hydrogen-bond donors (Lipinski definition) is 1. The highest BCUT2D eigenvalue weighted by Gasteiger charge is 2.09. The van der Waals surface area contributed by atoms with Crippen LogP contribution in [0.2, 0.25) is 0 Å². The van der Waals surface area contributed by atoms with Crippen LogP contribution in [-0.4, -0.2) is 41.7 Å². The van der Waals surface area contributed by atoms with Gasteiger partial charge in [-0.2, -0.15) is 0 Å².